The highest BCUT2D eigenvalue weighted by molar-refractivity contribution is 6.35. The van der Waals surface area contributed by atoms with Crippen LogP contribution >= 0.6 is 0 Å². The molecule has 12 aromatic rings. The van der Waals surface area contributed by atoms with Crippen molar-refractivity contribution in [2.24, 2.45) is 0 Å². The van der Waals surface area contributed by atoms with Crippen LogP contribution in [0.4, 0.5) is 0 Å². The Kier molecular flexibility index (Phi) is 6.34. The van der Waals surface area contributed by atoms with Crippen LogP contribution in [0, 0.1) is 0 Å². The summed E-state index contributed by atoms with van der Waals surface area (Å²) in [5, 5.41) is 14.6. The first-order chi connectivity index (χ1) is 27.3. The van der Waals surface area contributed by atoms with Crippen LogP contribution in [0.15, 0.2) is 188 Å². The highest BCUT2D eigenvalue weighted by Crippen LogP contribution is 2.45. The quantitative estimate of drug-likeness (QED) is 0.172. The van der Waals surface area contributed by atoms with Gasteiger partial charge in [0.15, 0.2) is 5.82 Å². The average Bonchev–Trinajstić information content (AvgIpc) is 3.58. The van der Waals surface area contributed by atoms with Gasteiger partial charge in [0.2, 0.25) is 0 Å². The number of hydrogen-bond donors (Lipinski definition) is 0. The van der Waals surface area contributed by atoms with Crippen LogP contribution in [-0.4, -0.2) is 14.5 Å². The monoisotopic (exact) mass is 697 g/mol. The molecule has 10 aromatic carbocycles. The minimum absolute atomic E-state index is 0.813. The molecule has 12 rings (SSSR count). The SMILES string of the molecule is c1ccc(-c2cccc(-c3nc4c(ccc5ccccc54)nc3-n3c4cc5ccccc5cc4c4c5c6ccccc6c6ccccc6c5ccc43)c2)cc1. The lowest BCUT2D eigenvalue weighted by Gasteiger charge is -2.16. The predicted molar refractivity (Wildman–Crippen MR) is 232 cm³/mol. The molecular formula is C52H31N3. The molecule has 3 nitrogen and oxygen atoms in total. The number of aromatic nitrogens is 3. The van der Waals surface area contributed by atoms with E-state index in [1.54, 1.807) is 0 Å². The Morgan fingerprint density at radius 3 is 1.71 bits per heavy atom. The van der Waals surface area contributed by atoms with Crippen molar-refractivity contribution >= 4 is 86.7 Å². The second-order valence-corrected chi connectivity index (χ2v) is 14.5. The van der Waals surface area contributed by atoms with E-state index >= 15 is 0 Å². The maximum atomic E-state index is 5.62. The van der Waals surface area contributed by atoms with E-state index in [1.807, 2.05) is 0 Å². The van der Waals surface area contributed by atoms with E-state index < -0.39 is 0 Å². The Morgan fingerprint density at radius 2 is 0.927 bits per heavy atom. The summed E-state index contributed by atoms with van der Waals surface area (Å²) in [4.78, 5) is 11.2. The molecule has 0 amide bonds. The summed E-state index contributed by atoms with van der Waals surface area (Å²) in [7, 11) is 0. The minimum Gasteiger partial charge on any atom is -0.292 e. The number of nitrogens with zero attached hydrogens (tertiary/aromatic N) is 3. The van der Waals surface area contributed by atoms with E-state index in [1.165, 1.54) is 59.4 Å². The van der Waals surface area contributed by atoms with Crippen LogP contribution in [0.25, 0.3) is 115 Å². The van der Waals surface area contributed by atoms with Crippen molar-refractivity contribution in [3.8, 4) is 28.2 Å². The molecule has 0 fully saturated rings. The molecule has 0 unspecified atom stereocenters. The van der Waals surface area contributed by atoms with E-state index in [0.29, 0.717) is 0 Å². The summed E-state index contributed by atoms with van der Waals surface area (Å²) in [6.45, 7) is 0. The fourth-order valence-electron chi connectivity index (χ4n) is 9.02. The normalized spacial score (nSPS) is 12.0. The second-order valence-electron chi connectivity index (χ2n) is 14.5. The Balaban J connectivity index is 1.28. The van der Waals surface area contributed by atoms with Gasteiger partial charge in [-0.2, -0.15) is 0 Å². The van der Waals surface area contributed by atoms with Crippen LogP contribution < -0.4 is 0 Å². The maximum absolute atomic E-state index is 5.62. The molecule has 0 radical (unpaired) electrons. The molecule has 0 saturated heterocycles. The summed E-state index contributed by atoms with van der Waals surface area (Å²) in [5.41, 5.74) is 8.14. The van der Waals surface area contributed by atoms with Gasteiger partial charge in [0.05, 0.1) is 22.1 Å². The average molecular weight is 698 g/mol. The molecule has 0 aliphatic carbocycles. The molecule has 0 spiro atoms. The zero-order chi connectivity index (χ0) is 36.0. The van der Waals surface area contributed by atoms with Gasteiger partial charge in [-0.3, -0.25) is 4.57 Å². The molecule has 0 N–H and O–H groups in total. The zero-order valence-corrected chi connectivity index (χ0v) is 29.7. The van der Waals surface area contributed by atoms with Gasteiger partial charge in [-0.05, 0) is 84.5 Å². The van der Waals surface area contributed by atoms with Crippen LogP contribution in [0.3, 0.4) is 0 Å². The maximum Gasteiger partial charge on any atom is 0.165 e. The van der Waals surface area contributed by atoms with Crippen LogP contribution in [0.2, 0.25) is 0 Å². The van der Waals surface area contributed by atoms with Gasteiger partial charge in [-0.1, -0.05) is 158 Å². The smallest absolute Gasteiger partial charge is 0.165 e. The van der Waals surface area contributed by atoms with Gasteiger partial charge >= 0.3 is 0 Å². The highest BCUT2D eigenvalue weighted by atomic mass is 15.1. The lowest BCUT2D eigenvalue weighted by molar-refractivity contribution is 1.08. The molecule has 2 heterocycles. The van der Waals surface area contributed by atoms with Crippen molar-refractivity contribution in [3.63, 3.8) is 0 Å². The van der Waals surface area contributed by atoms with Gasteiger partial charge in [-0.25, -0.2) is 9.97 Å². The first-order valence-electron chi connectivity index (χ1n) is 18.8. The van der Waals surface area contributed by atoms with Crippen molar-refractivity contribution in [3.05, 3.63) is 188 Å². The predicted octanol–water partition coefficient (Wildman–Crippen LogP) is 13.8. The number of rotatable bonds is 3. The lowest BCUT2D eigenvalue weighted by atomic mass is 9.91. The minimum atomic E-state index is 0.813. The number of benzene rings is 10. The van der Waals surface area contributed by atoms with Gasteiger partial charge in [0.1, 0.15) is 5.69 Å². The molecule has 254 valence electrons. The molecular weight excluding hydrogens is 667 g/mol. The first-order valence-corrected chi connectivity index (χ1v) is 18.8. The summed E-state index contributed by atoms with van der Waals surface area (Å²) >= 11 is 0. The van der Waals surface area contributed by atoms with Gasteiger partial charge in [0.25, 0.3) is 0 Å². The van der Waals surface area contributed by atoms with Crippen molar-refractivity contribution < 1.29 is 0 Å². The Morgan fingerprint density at radius 1 is 0.327 bits per heavy atom. The molecule has 2 aromatic heterocycles. The largest absolute Gasteiger partial charge is 0.292 e. The molecule has 0 aliphatic rings. The Hall–Kier alpha value is -7.36. The Bertz CT molecular complexity index is 3510. The third-order valence-corrected chi connectivity index (χ3v) is 11.5. The number of hydrogen-bond acceptors (Lipinski definition) is 2. The second kappa shape index (κ2) is 11.6. The topological polar surface area (TPSA) is 30.7 Å². The van der Waals surface area contributed by atoms with E-state index in [0.717, 1.165) is 55.5 Å². The standard InChI is InChI=1S/C52H31N3/c1-2-13-32(14-3-1)34-18-12-19-37(29-34)50-52(53-45-27-25-33-15-6-7-20-38(33)51(45)54-50)55-46-28-26-43-41-23-9-8-21-39(41)40-22-10-11-24-42(40)48(43)49(46)44-30-35-16-4-5-17-36(35)31-47(44)55/h1-31H. The summed E-state index contributed by atoms with van der Waals surface area (Å²) in [5.74, 6) is 0.813. The van der Waals surface area contributed by atoms with Gasteiger partial charge in [0, 0.05) is 27.1 Å². The van der Waals surface area contributed by atoms with Crippen LogP contribution in [0.1, 0.15) is 0 Å². The van der Waals surface area contributed by atoms with Crippen molar-refractivity contribution in [1.29, 1.82) is 0 Å². The first kappa shape index (κ1) is 30.1. The van der Waals surface area contributed by atoms with Gasteiger partial charge in [-0.15, -0.1) is 0 Å². The lowest BCUT2D eigenvalue weighted by Crippen LogP contribution is -2.04. The van der Waals surface area contributed by atoms with Crippen molar-refractivity contribution in [2.45, 2.75) is 0 Å². The van der Waals surface area contributed by atoms with Crippen molar-refractivity contribution in [1.82, 2.24) is 14.5 Å². The van der Waals surface area contributed by atoms with Gasteiger partial charge < -0.3 is 0 Å². The summed E-state index contributed by atoms with van der Waals surface area (Å²) in [6, 6.07) is 67.8. The van der Waals surface area contributed by atoms with Crippen LogP contribution in [-0.2, 0) is 0 Å². The van der Waals surface area contributed by atoms with E-state index in [-0.39, 0.29) is 0 Å². The fraction of sp³-hybridized carbons (Fsp3) is 0. The molecule has 0 saturated carbocycles. The fourth-order valence-corrected chi connectivity index (χ4v) is 9.02. The van der Waals surface area contributed by atoms with E-state index in [4.69, 9.17) is 9.97 Å². The highest BCUT2D eigenvalue weighted by Gasteiger charge is 2.23. The van der Waals surface area contributed by atoms with E-state index in [2.05, 4.69) is 193 Å². The van der Waals surface area contributed by atoms with Crippen molar-refractivity contribution in [2.75, 3.05) is 0 Å². The van der Waals surface area contributed by atoms with E-state index in [9.17, 15) is 0 Å². The molecule has 55 heavy (non-hydrogen) atoms. The molecule has 0 bridgehead atoms. The third kappa shape index (κ3) is 4.44. The Labute approximate surface area is 316 Å². The summed E-state index contributed by atoms with van der Waals surface area (Å²) < 4.78 is 2.38. The molecule has 0 atom stereocenters. The summed E-state index contributed by atoms with van der Waals surface area (Å²) in [6.07, 6.45) is 0. The molecule has 0 aliphatic heterocycles. The number of fused-ring (bicyclic) bond motifs is 14. The zero-order valence-electron chi connectivity index (χ0n) is 29.7. The van der Waals surface area contributed by atoms with Crippen LogP contribution in [0.5, 0.6) is 0 Å². The molecule has 3 heteroatoms. The third-order valence-electron chi connectivity index (χ3n) is 11.5.